The van der Waals surface area contributed by atoms with Crippen LogP contribution in [-0.4, -0.2) is 16.9 Å². The Bertz CT molecular complexity index is 157. The summed E-state index contributed by atoms with van der Waals surface area (Å²) in [6, 6.07) is 0. The summed E-state index contributed by atoms with van der Waals surface area (Å²) in [6.07, 6.45) is 4.54. The lowest BCUT2D eigenvalue weighted by atomic mass is 10.4. The molecular formula is C7H9BrO2. The van der Waals surface area contributed by atoms with E-state index in [1.54, 1.807) is 13.8 Å². The lowest BCUT2D eigenvalue weighted by molar-refractivity contribution is -0.144. The first kappa shape index (κ1) is 9.51. The van der Waals surface area contributed by atoms with Crippen molar-refractivity contribution in [3.8, 4) is 12.3 Å². The fraction of sp³-hybridized carbons (Fsp3) is 0.571. The van der Waals surface area contributed by atoms with Crippen LogP contribution in [0.3, 0.4) is 0 Å². The number of halogens is 1. The molecule has 0 radical (unpaired) electrons. The van der Waals surface area contributed by atoms with Crippen molar-refractivity contribution >= 4 is 21.9 Å². The van der Waals surface area contributed by atoms with Crippen molar-refractivity contribution < 1.29 is 9.53 Å². The predicted octanol–water partition coefficient (Wildman–Crippen LogP) is 1.33. The predicted molar refractivity (Wildman–Crippen MR) is 42.8 cm³/mol. The Kier molecular flexibility index (Phi) is 4.13. The van der Waals surface area contributed by atoms with E-state index in [9.17, 15) is 4.79 Å². The van der Waals surface area contributed by atoms with Crippen LogP contribution in [-0.2, 0) is 9.53 Å². The van der Waals surface area contributed by atoms with E-state index >= 15 is 0 Å². The third-order valence-electron chi connectivity index (χ3n) is 0.852. The summed E-state index contributed by atoms with van der Waals surface area (Å²) in [5.74, 6) is 1.96. The average molecular weight is 205 g/mol. The van der Waals surface area contributed by atoms with Crippen LogP contribution in [0.4, 0.5) is 0 Å². The van der Waals surface area contributed by atoms with Gasteiger partial charge in [0.2, 0.25) is 0 Å². The van der Waals surface area contributed by atoms with Crippen molar-refractivity contribution in [3.05, 3.63) is 0 Å². The maximum absolute atomic E-state index is 10.7. The minimum atomic E-state index is -0.438. The number of terminal acetylenes is 1. The van der Waals surface area contributed by atoms with Gasteiger partial charge in [0.25, 0.3) is 0 Å². The zero-order chi connectivity index (χ0) is 8.15. The van der Waals surface area contributed by atoms with Gasteiger partial charge < -0.3 is 4.74 Å². The Hall–Kier alpha value is -0.490. The molecule has 0 saturated carbocycles. The fourth-order valence-electron chi connectivity index (χ4n) is 0.302. The number of rotatable bonds is 2. The number of hydrogen-bond acceptors (Lipinski definition) is 2. The van der Waals surface area contributed by atoms with Crippen LogP contribution < -0.4 is 0 Å². The summed E-state index contributed by atoms with van der Waals surface area (Å²) in [5.41, 5.74) is 0. The van der Waals surface area contributed by atoms with E-state index in [1.165, 1.54) is 0 Å². The molecule has 0 heterocycles. The van der Waals surface area contributed by atoms with Crippen LogP contribution in [0.15, 0.2) is 0 Å². The smallest absolute Gasteiger partial charge is 0.320 e. The quantitative estimate of drug-likeness (QED) is 0.386. The molecule has 0 aliphatic heterocycles. The van der Waals surface area contributed by atoms with Gasteiger partial charge in [0.1, 0.15) is 4.83 Å². The molecule has 2 nitrogen and oxygen atoms in total. The summed E-state index contributed by atoms with van der Waals surface area (Å²) in [6.45, 7) is 3.33. The number of alkyl halides is 1. The third-order valence-corrected chi connectivity index (χ3v) is 1.23. The normalized spacial score (nSPS) is 15.0. The summed E-state index contributed by atoms with van der Waals surface area (Å²) in [4.78, 5) is 10.5. The number of esters is 1. The van der Waals surface area contributed by atoms with Crippen LogP contribution in [0.2, 0.25) is 0 Å². The highest BCUT2D eigenvalue weighted by Crippen LogP contribution is 2.01. The van der Waals surface area contributed by atoms with E-state index in [0.29, 0.717) is 0 Å². The Morgan fingerprint density at radius 1 is 1.70 bits per heavy atom. The molecule has 0 fully saturated rings. The van der Waals surface area contributed by atoms with Gasteiger partial charge in [-0.05, 0) is 13.8 Å². The van der Waals surface area contributed by atoms with E-state index in [0.717, 1.165) is 0 Å². The second-order valence-electron chi connectivity index (χ2n) is 1.86. The van der Waals surface area contributed by atoms with Gasteiger partial charge in [-0.25, -0.2) is 0 Å². The minimum absolute atomic E-state index is 0.289. The number of carbonyl (C=O) groups is 1. The standard InChI is InChI=1S/C7H9BrO2/c1-4-5(2)10-7(9)6(3)8/h1,5-6H,2-3H3. The Morgan fingerprint density at radius 3 is 2.50 bits per heavy atom. The second-order valence-corrected chi connectivity index (χ2v) is 3.24. The lowest BCUT2D eigenvalue weighted by Gasteiger charge is -2.07. The van der Waals surface area contributed by atoms with E-state index in [4.69, 9.17) is 11.2 Å². The number of hydrogen-bond donors (Lipinski definition) is 0. The minimum Gasteiger partial charge on any atom is -0.449 e. The molecule has 0 amide bonds. The summed E-state index contributed by atoms with van der Waals surface area (Å²) in [7, 11) is 0. The summed E-state index contributed by atoms with van der Waals surface area (Å²) >= 11 is 3.05. The topological polar surface area (TPSA) is 26.3 Å². The molecule has 0 bridgehead atoms. The molecule has 0 aliphatic carbocycles. The van der Waals surface area contributed by atoms with E-state index in [1.807, 2.05) is 0 Å². The molecule has 3 heteroatoms. The highest BCUT2D eigenvalue weighted by molar-refractivity contribution is 9.10. The molecule has 0 spiro atoms. The molecule has 0 N–H and O–H groups in total. The van der Waals surface area contributed by atoms with Crippen molar-refractivity contribution in [2.75, 3.05) is 0 Å². The van der Waals surface area contributed by atoms with Crippen molar-refractivity contribution in [3.63, 3.8) is 0 Å². The largest absolute Gasteiger partial charge is 0.449 e. The Labute approximate surface area is 69.1 Å². The van der Waals surface area contributed by atoms with E-state index < -0.39 is 6.10 Å². The van der Waals surface area contributed by atoms with Gasteiger partial charge in [0.15, 0.2) is 6.10 Å². The zero-order valence-electron chi connectivity index (χ0n) is 5.93. The number of carbonyl (C=O) groups excluding carboxylic acids is 1. The molecule has 0 aromatic rings. The molecule has 10 heavy (non-hydrogen) atoms. The molecule has 2 atom stereocenters. The van der Waals surface area contributed by atoms with Gasteiger partial charge in [0.05, 0.1) is 0 Å². The molecule has 0 aromatic carbocycles. The van der Waals surface area contributed by atoms with Crippen molar-refractivity contribution in [1.82, 2.24) is 0 Å². The molecular weight excluding hydrogens is 196 g/mol. The average Bonchev–Trinajstić information content (AvgIpc) is 1.87. The highest BCUT2D eigenvalue weighted by atomic mass is 79.9. The SMILES string of the molecule is C#CC(C)OC(=O)C(C)Br. The number of ether oxygens (including phenoxy) is 1. The molecule has 2 unspecified atom stereocenters. The Morgan fingerprint density at radius 2 is 2.20 bits per heavy atom. The maximum Gasteiger partial charge on any atom is 0.320 e. The van der Waals surface area contributed by atoms with Crippen molar-refractivity contribution in [2.24, 2.45) is 0 Å². The van der Waals surface area contributed by atoms with Crippen LogP contribution in [0.25, 0.3) is 0 Å². The van der Waals surface area contributed by atoms with E-state index in [-0.39, 0.29) is 10.8 Å². The molecule has 56 valence electrons. The van der Waals surface area contributed by atoms with Gasteiger partial charge >= 0.3 is 5.97 Å². The first-order chi connectivity index (χ1) is 4.57. The molecule has 0 aromatic heterocycles. The monoisotopic (exact) mass is 204 g/mol. The van der Waals surface area contributed by atoms with Crippen LogP contribution in [0.1, 0.15) is 13.8 Å². The van der Waals surface area contributed by atoms with Gasteiger partial charge in [-0.15, -0.1) is 6.42 Å². The maximum atomic E-state index is 10.7. The van der Waals surface area contributed by atoms with Gasteiger partial charge in [-0.2, -0.15) is 0 Å². The summed E-state index contributed by atoms with van der Waals surface area (Å²) < 4.78 is 4.74. The van der Waals surface area contributed by atoms with Gasteiger partial charge in [-0.1, -0.05) is 21.9 Å². The Balaban J connectivity index is 3.71. The summed E-state index contributed by atoms with van der Waals surface area (Å²) in [5, 5.41) is 0. The molecule has 0 rings (SSSR count). The van der Waals surface area contributed by atoms with E-state index in [2.05, 4.69) is 21.9 Å². The highest BCUT2D eigenvalue weighted by Gasteiger charge is 2.11. The molecule has 0 saturated heterocycles. The molecule has 0 aliphatic rings. The first-order valence-corrected chi connectivity index (χ1v) is 3.80. The van der Waals surface area contributed by atoms with Crippen LogP contribution in [0.5, 0.6) is 0 Å². The zero-order valence-corrected chi connectivity index (χ0v) is 7.51. The van der Waals surface area contributed by atoms with Gasteiger partial charge in [-0.3, -0.25) is 4.79 Å². The van der Waals surface area contributed by atoms with Crippen molar-refractivity contribution in [1.29, 1.82) is 0 Å². The van der Waals surface area contributed by atoms with Crippen molar-refractivity contribution in [2.45, 2.75) is 24.8 Å². The third kappa shape index (κ3) is 3.52. The lowest BCUT2D eigenvalue weighted by Crippen LogP contribution is -2.19. The first-order valence-electron chi connectivity index (χ1n) is 2.88. The second kappa shape index (κ2) is 4.35. The van der Waals surface area contributed by atoms with Crippen LogP contribution in [0, 0.1) is 12.3 Å². The van der Waals surface area contributed by atoms with Gasteiger partial charge in [0, 0.05) is 0 Å². The van der Waals surface area contributed by atoms with Crippen LogP contribution >= 0.6 is 15.9 Å². The fourth-order valence-corrected chi connectivity index (χ4v) is 0.410.